The maximum absolute atomic E-state index is 12.5. The SMILES string of the molecule is COc1cccc(-c2nc(SCc3cccc(NC(=O)Cc4ccccc4)c3)[nH]c(=O)c2C#N)c1. The van der Waals surface area contributed by atoms with Crippen molar-refractivity contribution < 1.29 is 9.53 Å². The van der Waals surface area contributed by atoms with Gasteiger partial charge in [-0.15, -0.1) is 0 Å². The highest BCUT2D eigenvalue weighted by Gasteiger charge is 2.14. The lowest BCUT2D eigenvalue weighted by atomic mass is 10.1. The lowest BCUT2D eigenvalue weighted by molar-refractivity contribution is -0.115. The number of nitriles is 1. The molecule has 7 nitrogen and oxygen atoms in total. The van der Waals surface area contributed by atoms with Gasteiger partial charge in [-0.05, 0) is 35.4 Å². The number of amides is 1. The molecule has 0 radical (unpaired) electrons. The van der Waals surface area contributed by atoms with Crippen LogP contribution in [-0.4, -0.2) is 23.0 Å². The van der Waals surface area contributed by atoms with Crippen LogP contribution in [0.2, 0.25) is 0 Å². The monoisotopic (exact) mass is 482 g/mol. The van der Waals surface area contributed by atoms with Crippen LogP contribution in [-0.2, 0) is 17.0 Å². The van der Waals surface area contributed by atoms with Gasteiger partial charge in [-0.3, -0.25) is 9.59 Å². The summed E-state index contributed by atoms with van der Waals surface area (Å²) >= 11 is 1.34. The number of hydrogen-bond acceptors (Lipinski definition) is 6. The Balaban J connectivity index is 1.49. The van der Waals surface area contributed by atoms with Gasteiger partial charge in [-0.1, -0.05) is 66.4 Å². The highest BCUT2D eigenvalue weighted by atomic mass is 32.2. The average Bonchev–Trinajstić information content (AvgIpc) is 2.88. The van der Waals surface area contributed by atoms with E-state index in [0.29, 0.717) is 40.0 Å². The molecule has 0 saturated carbocycles. The third kappa shape index (κ3) is 6.16. The Morgan fingerprint density at radius 3 is 2.60 bits per heavy atom. The van der Waals surface area contributed by atoms with Gasteiger partial charge in [0.25, 0.3) is 5.56 Å². The summed E-state index contributed by atoms with van der Waals surface area (Å²) in [5, 5.41) is 12.8. The van der Waals surface area contributed by atoms with Crippen LogP contribution in [0.1, 0.15) is 16.7 Å². The molecule has 2 N–H and O–H groups in total. The van der Waals surface area contributed by atoms with Gasteiger partial charge in [0.1, 0.15) is 17.4 Å². The predicted octanol–water partition coefficient (Wildman–Crippen LogP) is 4.79. The van der Waals surface area contributed by atoms with E-state index in [1.165, 1.54) is 11.8 Å². The number of carbonyl (C=O) groups excluding carboxylic acids is 1. The van der Waals surface area contributed by atoms with Crippen molar-refractivity contribution in [2.24, 2.45) is 0 Å². The van der Waals surface area contributed by atoms with E-state index in [4.69, 9.17) is 4.74 Å². The number of thioether (sulfide) groups is 1. The molecule has 8 heteroatoms. The first kappa shape index (κ1) is 23.8. The maximum Gasteiger partial charge on any atom is 0.270 e. The van der Waals surface area contributed by atoms with E-state index in [2.05, 4.69) is 15.3 Å². The number of ether oxygens (including phenoxy) is 1. The van der Waals surface area contributed by atoms with Crippen LogP contribution >= 0.6 is 11.8 Å². The quantitative estimate of drug-likeness (QED) is 0.276. The zero-order valence-corrected chi connectivity index (χ0v) is 19.8. The largest absolute Gasteiger partial charge is 0.497 e. The fourth-order valence-corrected chi connectivity index (χ4v) is 4.28. The summed E-state index contributed by atoms with van der Waals surface area (Å²) in [4.78, 5) is 32.2. The summed E-state index contributed by atoms with van der Waals surface area (Å²) in [7, 11) is 1.55. The summed E-state index contributed by atoms with van der Waals surface area (Å²) < 4.78 is 5.26. The lowest BCUT2D eigenvalue weighted by Crippen LogP contribution is -2.15. The Kier molecular flexibility index (Phi) is 7.60. The van der Waals surface area contributed by atoms with E-state index >= 15 is 0 Å². The van der Waals surface area contributed by atoms with E-state index in [1.807, 2.05) is 60.7 Å². The Morgan fingerprint density at radius 2 is 1.83 bits per heavy atom. The van der Waals surface area contributed by atoms with Crippen LogP contribution in [0.3, 0.4) is 0 Å². The zero-order chi connectivity index (χ0) is 24.6. The molecule has 0 spiro atoms. The molecule has 4 aromatic rings. The van der Waals surface area contributed by atoms with Crippen molar-refractivity contribution in [2.45, 2.75) is 17.3 Å². The molecule has 1 aromatic heterocycles. The molecular weight excluding hydrogens is 460 g/mol. The van der Waals surface area contributed by atoms with Crippen LogP contribution in [0.25, 0.3) is 11.3 Å². The molecule has 1 amide bonds. The number of benzene rings is 3. The number of aromatic nitrogens is 2. The molecule has 35 heavy (non-hydrogen) atoms. The minimum absolute atomic E-state index is 0.0503. The third-order valence-electron chi connectivity index (χ3n) is 5.15. The molecule has 0 aliphatic carbocycles. The average molecular weight is 483 g/mol. The number of nitrogens with zero attached hydrogens (tertiary/aromatic N) is 2. The normalized spacial score (nSPS) is 10.4. The molecule has 0 aliphatic heterocycles. The molecule has 0 fully saturated rings. The van der Waals surface area contributed by atoms with Crippen molar-refractivity contribution in [1.82, 2.24) is 9.97 Å². The second-order valence-corrected chi connectivity index (χ2v) is 8.60. The van der Waals surface area contributed by atoms with Crippen molar-refractivity contribution in [3.63, 3.8) is 0 Å². The van der Waals surface area contributed by atoms with Gasteiger partial charge in [0.15, 0.2) is 5.16 Å². The van der Waals surface area contributed by atoms with Gasteiger partial charge in [0.05, 0.1) is 19.2 Å². The van der Waals surface area contributed by atoms with Crippen LogP contribution in [0.4, 0.5) is 5.69 Å². The number of methoxy groups -OCH3 is 1. The molecule has 0 unspecified atom stereocenters. The molecule has 0 aliphatic rings. The van der Waals surface area contributed by atoms with Crippen molar-refractivity contribution in [2.75, 3.05) is 12.4 Å². The highest BCUT2D eigenvalue weighted by Crippen LogP contribution is 2.27. The number of hydrogen-bond donors (Lipinski definition) is 2. The van der Waals surface area contributed by atoms with E-state index in [9.17, 15) is 14.9 Å². The van der Waals surface area contributed by atoms with Gasteiger partial charge in [-0.25, -0.2) is 4.98 Å². The van der Waals surface area contributed by atoms with Crippen molar-refractivity contribution in [3.8, 4) is 23.1 Å². The van der Waals surface area contributed by atoms with E-state index in [-0.39, 0.29) is 11.5 Å². The van der Waals surface area contributed by atoms with Crippen molar-refractivity contribution in [3.05, 3.63) is 106 Å². The maximum atomic E-state index is 12.5. The second-order valence-electron chi connectivity index (χ2n) is 7.64. The van der Waals surface area contributed by atoms with Crippen molar-refractivity contribution in [1.29, 1.82) is 5.26 Å². The molecule has 1 heterocycles. The molecule has 0 atom stereocenters. The van der Waals surface area contributed by atoms with E-state index in [0.717, 1.165) is 11.1 Å². The number of anilines is 1. The molecule has 3 aromatic carbocycles. The Bertz CT molecular complexity index is 1440. The first-order valence-corrected chi connectivity index (χ1v) is 11.8. The van der Waals surface area contributed by atoms with Crippen LogP contribution in [0.5, 0.6) is 5.75 Å². The highest BCUT2D eigenvalue weighted by molar-refractivity contribution is 7.98. The number of aromatic amines is 1. The number of H-pyrrole nitrogens is 1. The Hall–Kier alpha value is -4.35. The van der Waals surface area contributed by atoms with Gasteiger partial charge in [0, 0.05) is 17.0 Å². The first-order chi connectivity index (χ1) is 17.1. The van der Waals surface area contributed by atoms with Gasteiger partial charge in [0.2, 0.25) is 5.91 Å². The second kappa shape index (κ2) is 11.2. The standard InChI is InChI=1S/C27H22N4O3S/c1-34-22-12-6-10-20(15-22)25-23(16-28)26(33)31-27(30-25)35-17-19-9-5-11-21(13-19)29-24(32)14-18-7-3-2-4-8-18/h2-13,15H,14,17H2,1H3,(H,29,32)(H,30,31,33). The molecule has 0 bridgehead atoms. The van der Waals surface area contributed by atoms with Crippen LogP contribution in [0, 0.1) is 11.3 Å². The zero-order valence-electron chi connectivity index (χ0n) is 18.9. The minimum atomic E-state index is -0.496. The minimum Gasteiger partial charge on any atom is -0.497 e. The molecule has 174 valence electrons. The molecule has 4 rings (SSSR count). The van der Waals surface area contributed by atoms with Crippen LogP contribution in [0.15, 0.2) is 88.8 Å². The Morgan fingerprint density at radius 1 is 1.06 bits per heavy atom. The van der Waals surface area contributed by atoms with Crippen molar-refractivity contribution >= 4 is 23.4 Å². The summed E-state index contributed by atoms with van der Waals surface area (Å²) in [6, 6.07) is 26.1. The number of rotatable bonds is 8. The summed E-state index contributed by atoms with van der Waals surface area (Å²) in [6.45, 7) is 0. The van der Waals surface area contributed by atoms with Gasteiger partial charge >= 0.3 is 0 Å². The van der Waals surface area contributed by atoms with Gasteiger partial charge in [-0.2, -0.15) is 5.26 Å². The molecular formula is C27H22N4O3S. The fourth-order valence-electron chi connectivity index (χ4n) is 3.48. The molecule has 0 saturated heterocycles. The first-order valence-electron chi connectivity index (χ1n) is 10.8. The smallest absolute Gasteiger partial charge is 0.270 e. The van der Waals surface area contributed by atoms with E-state index < -0.39 is 5.56 Å². The summed E-state index contributed by atoms with van der Waals surface area (Å²) in [6.07, 6.45) is 0.295. The number of carbonyl (C=O) groups is 1. The fraction of sp³-hybridized carbons (Fsp3) is 0.111. The predicted molar refractivity (Wildman–Crippen MR) is 136 cm³/mol. The third-order valence-corrected chi connectivity index (χ3v) is 6.09. The van der Waals surface area contributed by atoms with Gasteiger partial charge < -0.3 is 15.0 Å². The lowest BCUT2D eigenvalue weighted by Gasteiger charge is -2.09. The topological polar surface area (TPSA) is 108 Å². The van der Waals surface area contributed by atoms with Crippen LogP contribution < -0.4 is 15.6 Å². The Labute approximate surface area is 206 Å². The summed E-state index contributed by atoms with van der Waals surface area (Å²) in [5.74, 6) is 1.02. The van der Waals surface area contributed by atoms with E-state index in [1.54, 1.807) is 31.4 Å². The number of nitrogens with one attached hydrogen (secondary N) is 2. The summed E-state index contributed by atoms with van der Waals surface area (Å²) in [5.41, 5.74) is 2.97.